The van der Waals surface area contributed by atoms with Gasteiger partial charge in [0.05, 0.1) is 0 Å². The van der Waals surface area contributed by atoms with Gasteiger partial charge in [0.25, 0.3) is 0 Å². The third-order valence-corrected chi connectivity index (χ3v) is 1.47. The predicted molar refractivity (Wildman–Crippen MR) is 41.3 cm³/mol. The lowest BCUT2D eigenvalue weighted by molar-refractivity contribution is 0.561. The molecule has 0 atom stereocenters. The number of hydrogen-bond donors (Lipinski definition) is 0. The van der Waals surface area contributed by atoms with Gasteiger partial charge in [-0.2, -0.15) is 10.2 Å². The molecule has 0 aliphatic heterocycles. The van der Waals surface area contributed by atoms with E-state index in [4.69, 9.17) is 9.68 Å². The van der Waals surface area contributed by atoms with E-state index in [1.54, 1.807) is 19.1 Å². The van der Waals surface area contributed by atoms with Gasteiger partial charge < -0.3 is 4.42 Å². The van der Waals surface area contributed by atoms with E-state index in [-0.39, 0.29) is 0 Å². The number of hydrogen-bond acceptors (Lipinski definition) is 4. The SMILES string of the molecule is Cc1nc2nc(C#N)ccc2o1. The van der Waals surface area contributed by atoms with Gasteiger partial charge in [0.15, 0.2) is 17.1 Å². The smallest absolute Gasteiger partial charge is 0.200 e. The third-order valence-electron chi connectivity index (χ3n) is 1.47. The van der Waals surface area contributed by atoms with Crippen LogP contribution in [0.15, 0.2) is 16.5 Å². The number of nitriles is 1. The molecule has 0 aliphatic carbocycles. The number of nitrogens with zero attached hydrogens (tertiary/aromatic N) is 3. The molecule has 0 N–H and O–H groups in total. The Bertz CT molecular complexity index is 467. The summed E-state index contributed by atoms with van der Waals surface area (Å²) in [5.74, 6) is 0.563. The second-order valence-corrected chi connectivity index (χ2v) is 2.36. The molecule has 58 valence electrons. The highest BCUT2D eigenvalue weighted by molar-refractivity contribution is 5.68. The zero-order chi connectivity index (χ0) is 8.55. The number of rotatable bonds is 0. The van der Waals surface area contributed by atoms with Crippen molar-refractivity contribution < 1.29 is 4.42 Å². The fourth-order valence-corrected chi connectivity index (χ4v) is 0.989. The monoisotopic (exact) mass is 159 g/mol. The van der Waals surface area contributed by atoms with Gasteiger partial charge >= 0.3 is 0 Å². The van der Waals surface area contributed by atoms with Crippen molar-refractivity contribution in [2.75, 3.05) is 0 Å². The largest absolute Gasteiger partial charge is 0.439 e. The van der Waals surface area contributed by atoms with Crippen molar-refractivity contribution in [1.82, 2.24) is 9.97 Å². The zero-order valence-electron chi connectivity index (χ0n) is 6.40. The number of oxazole rings is 1. The van der Waals surface area contributed by atoms with Gasteiger partial charge in [-0.05, 0) is 12.1 Å². The minimum absolute atomic E-state index is 0.357. The van der Waals surface area contributed by atoms with Crippen molar-refractivity contribution in [3.63, 3.8) is 0 Å². The lowest BCUT2D eigenvalue weighted by Crippen LogP contribution is -1.81. The fourth-order valence-electron chi connectivity index (χ4n) is 0.989. The number of fused-ring (bicyclic) bond motifs is 1. The van der Waals surface area contributed by atoms with Crippen LogP contribution in [0.2, 0.25) is 0 Å². The number of pyridine rings is 1. The topological polar surface area (TPSA) is 62.7 Å². The van der Waals surface area contributed by atoms with Crippen molar-refractivity contribution in [2.24, 2.45) is 0 Å². The van der Waals surface area contributed by atoms with Gasteiger partial charge in [-0.25, -0.2) is 4.98 Å². The summed E-state index contributed by atoms with van der Waals surface area (Å²) in [4.78, 5) is 7.94. The highest BCUT2D eigenvalue weighted by Crippen LogP contribution is 2.12. The fraction of sp³-hybridized carbons (Fsp3) is 0.125. The Morgan fingerprint density at radius 2 is 2.25 bits per heavy atom. The lowest BCUT2D eigenvalue weighted by Gasteiger charge is -1.84. The molecule has 4 nitrogen and oxygen atoms in total. The van der Waals surface area contributed by atoms with Crippen LogP contribution in [0.4, 0.5) is 0 Å². The summed E-state index contributed by atoms with van der Waals surface area (Å²) in [6.45, 7) is 1.74. The van der Waals surface area contributed by atoms with Crippen LogP contribution in [0.25, 0.3) is 11.2 Å². The summed E-state index contributed by atoms with van der Waals surface area (Å²) >= 11 is 0. The molecule has 0 amide bonds. The van der Waals surface area contributed by atoms with Crippen LogP contribution in [0.1, 0.15) is 11.6 Å². The average Bonchev–Trinajstić information content (AvgIpc) is 2.43. The first-order valence-electron chi connectivity index (χ1n) is 3.44. The van der Waals surface area contributed by atoms with E-state index in [0.717, 1.165) is 0 Å². The Kier molecular flexibility index (Phi) is 1.31. The van der Waals surface area contributed by atoms with Crippen molar-refractivity contribution in [3.8, 4) is 6.07 Å². The second-order valence-electron chi connectivity index (χ2n) is 2.36. The highest BCUT2D eigenvalue weighted by Gasteiger charge is 2.03. The van der Waals surface area contributed by atoms with Gasteiger partial charge in [-0.15, -0.1) is 0 Å². The molecule has 4 heteroatoms. The van der Waals surface area contributed by atoms with Crippen LogP contribution in [-0.2, 0) is 0 Å². The number of aryl methyl sites for hydroxylation is 1. The molecule has 0 fully saturated rings. The molecule has 0 saturated carbocycles. The van der Waals surface area contributed by atoms with Crippen LogP contribution in [-0.4, -0.2) is 9.97 Å². The Labute approximate surface area is 68.5 Å². The maximum Gasteiger partial charge on any atom is 0.200 e. The first kappa shape index (κ1) is 6.80. The van der Waals surface area contributed by atoms with E-state index in [0.29, 0.717) is 22.8 Å². The Hall–Kier alpha value is -1.89. The molecule has 0 spiro atoms. The van der Waals surface area contributed by atoms with Gasteiger partial charge in [0.2, 0.25) is 0 Å². The molecule has 0 aliphatic rings. The molecular formula is C8H5N3O. The molecule has 2 rings (SSSR count). The Morgan fingerprint density at radius 3 is 3.00 bits per heavy atom. The van der Waals surface area contributed by atoms with Crippen molar-refractivity contribution >= 4 is 11.2 Å². The Morgan fingerprint density at radius 1 is 1.42 bits per heavy atom. The van der Waals surface area contributed by atoms with Gasteiger partial charge in [-0.3, -0.25) is 0 Å². The van der Waals surface area contributed by atoms with E-state index in [9.17, 15) is 0 Å². The molecule has 12 heavy (non-hydrogen) atoms. The van der Waals surface area contributed by atoms with E-state index in [1.165, 1.54) is 0 Å². The standard InChI is InChI=1S/C8H5N3O/c1-5-10-8-7(12-5)3-2-6(4-9)11-8/h2-3H,1H3. The summed E-state index contributed by atoms with van der Waals surface area (Å²) in [5.41, 5.74) is 1.47. The Balaban J connectivity index is 2.77. The normalized spacial score (nSPS) is 10.0. The maximum atomic E-state index is 8.53. The molecule has 0 unspecified atom stereocenters. The first-order chi connectivity index (χ1) is 5.79. The number of aromatic nitrogens is 2. The van der Waals surface area contributed by atoms with Crippen molar-refractivity contribution in [1.29, 1.82) is 5.26 Å². The molecular weight excluding hydrogens is 154 g/mol. The quantitative estimate of drug-likeness (QED) is 0.582. The van der Waals surface area contributed by atoms with Gasteiger partial charge in [0, 0.05) is 6.92 Å². The van der Waals surface area contributed by atoms with Crippen LogP contribution in [0.5, 0.6) is 0 Å². The van der Waals surface area contributed by atoms with E-state index >= 15 is 0 Å². The van der Waals surface area contributed by atoms with E-state index in [1.807, 2.05) is 6.07 Å². The second kappa shape index (κ2) is 2.31. The van der Waals surface area contributed by atoms with E-state index < -0.39 is 0 Å². The third kappa shape index (κ3) is 0.920. The predicted octanol–water partition coefficient (Wildman–Crippen LogP) is 1.40. The highest BCUT2D eigenvalue weighted by atomic mass is 16.3. The van der Waals surface area contributed by atoms with Gasteiger partial charge in [-0.1, -0.05) is 0 Å². The summed E-state index contributed by atoms with van der Waals surface area (Å²) in [6.07, 6.45) is 0. The summed E-state index contributed by atoms with van der Waals surface area (Å²) in [7, 11) is 0. The summed E-state index contributed by atoms with van der Waals surface area (Å²) < 4.78 is 5.18. The van der Waals surface area contributed by atoms with Crippen LogP contribution in [0, 0.1) is 18.3 Å². The zero-order valence-corrected chi connectivity index (χ0v) is 6.40. The van der Waals surface area contributed by atoms with E-state index in [2.05, 4.69) is 9.97 Å². The lowest BCUT2D eigenvalue weighted by atomic mass is 10.4. The molecule has 2 aromatic rings. The molecule has 2 heterocycles. The summed E-state index contributed by atoms with van der Waals surface area (Å²) in [6, 6.07) is 5.24. The van der Waals surface area contributed by atoms with Crippen molar-refractivity contribution in [2.45, 2.75) is 6.92 Å². The molecule has 0 bridgehead atoms. The first-order valence-corrected chi connectivity index (χ1v) is 3.44. The minimum atomic E-state index is 0.357. The maximum absolute atomic E-state index is 8.53. The molecule has 0 saturated heterocycles. The molecule has 0 radical (unpaired) electrons. The van der Waals surface area contributed by atoms with Crippen LogP contribution in [0.3, 0.4) is 0 Å². The minimum Gasteiger partial charge on any atom is -0.439 e. The van der Waals surface area contributed by atoms with Crippen molar-refractivity contribution in [3.05, 3.63) is 23.7 Å². The molecule has 2 aromatic heterocycles. The summed E-state index contributed by atoms with van der Waals surface area (Å²) in [5, 5.41) is 8.53. The van der Waals surface area contributed by atoms with Crippen LogP contribution < -0.4 is 0 Å². The average molecular weight is 159 g/mol. The molecule has 0 aromatic carbocycles. The van der Waals surface area contributed by atoms with Gasteiger partial charge in [0.1, 0.15) is 11.8 Å². The van der Waals surface area contributed by atoms with Crippen LogP contribution >= 0.6 is 0 Å².